The zero-order valence-electron chi connectivity index (χ0n) is 19.6. The molecule has 1 heterocycles. The molecule has 0 unspecified atom stereocenters. The van der Waals surface area contributed by atoms with Crippen molar-refractivity contribution in [3.8, 4) is 11.1 Å². The quantitative estimate of drug-likeness (QED) is 0.553. The number of likely N-dealkylation sites (tertiary alicyclic amines) is 1. The highest BCUT2D eigenvalue weighted by molar-refractivity contribution is 5.98. The molecule has 1 aliphatic heterocycles. The van der Waals surface area contributed by atoms with E-state index in [1.54, 1.807) is 25.1 Å². The normalized spacial score (nSPS) is 15.5. The molecular formula is C28H26N2O5. The van der Waals surface area contributed by atoms with Gasteiger partial charge in [-0.1, -0.05) is 54.6 Å². The molecule has 5 rings (SSSR count). The Kier molecular flexibility index (Phi) is 5.55. The third-order valence-corrected chi connectivity index (χ3v) is 6.95. The number of carboxylic acid groups (broad SMARTS) is 1. The number of aliphatic carboxylic acids is 1. The second-order valence-electron chi connectivity index (χ2n) is 9.51. The van der Waals surface area contributed by atoms with Crippen LogP contribution < -0.4 is 5.32 Å². The lowest BCUT2D eigenvalue weighted by atomic mass is 9.81. The van der Waals surface area contributed by atoms with Crippen molar-refractivity contribution in [2.24, 2.45) is 5.41 Å². The Morgan fingerprint density at radius 1 is 1.00 bits per heavy atom. The number of aryl methyl sites for hydroxylation is 1. The van der Waals surface area contributed by atoms with Gasteiger partial charge in [-0.25, -0.2) is 4.79 Å². The predicted molar refractivity (Wildman–Crippen MR) is 132 cm³/mol. The van der Waals surface area contributed by atoms with Gasteiger partial charge in [-0.05, 0) is 53.8 Å². The molecule has 7 heteroatoms. The Morgan fingerprint density at radius 2 is 1.60 bits per heavy atom. The number of hydrogen-bond acceptors (Lipinski definition) is 4. The molecule has 0 atom stereocenters. The van der Waals surface area contributed by atoms with Gasteiger partial charge in [0.1, 0.15) is 12.0 Å². The van der Waals surface area contributed by atoms with Crippen molar-refractivity contribution >= 4 is 23.7 Å². The van der Waals surface area contributed by atoms with Crippen molar-refractivity contribution in [2.45, 2.75) is 19.8 Å². The number of carbonyl (C=O) groups is 3. The smallest absolute Gasteiger partial charge is 0.411 e. The number of benzene rings is 3. The van der Waals surface area contributed by atoms with Crippen LogP contribution in [0.3, 0.4) is 0 Å². The van der Waals surface area contributed by atoms with Crippen LogP contribution in [0.5, 0.6) is 0 Å². The van der Waals surface area contributed by atoms with Gasteiger partial charge < -0.3 is 14.7 Å². The molecule has 0 bridgehead atoms. The molecule has 2 aliphatic rings. The number of nitrogens with one attached hydrogen (secondary N) is 1. The maximum atomic E-state index is 12.8. The van der Waals surface area contributed by atoms with Crippen molar-refractivity contribution in [2.75, 3.05) is 25.0 Å². The average Bonchev–Trinajstić information content (AvgIpc) is 3.15. The van der Waals surface area contributed by atoms with Gasteiger partial charge in [-0.15, -0.1) is 0 Å². The second kappa shape index (κ2) is 8.58. The molecule has 2 amide bonds. The topological polar surface area (TPSA) is 95.9 Å². The fraction of sp³-hybridized carbons (Fsp3) is 0.250. The van der Waals surface area contributed by atoms with E-state index in [9.17, 15) is 19.5 Å². The van der Waals surface area contributed by atoms with E-state index in [-0.39, 0.29) is 31.5 Å². The summed E-state index contributed by atoms with van der Waals surface area (Å²) in [7, 11) is 0. The Bertz CT molecular complexity index is 1300. The van der Waals surface area contributed by atoms with E-state index in [1.165, 1.54) is 4.90 Å². The summed E-state index contributed by atoms with van der Waals surface area (Å²) in [6.45, 7) is 3.96. The summed E-state index contributed by atoms with van der Waals surface area (Å²) in [6.07, 6.45) is -0.595. The van der Waals surface area contributed by atoms with E-state index in [1.807, 2.05) is 31.2 Å². The average molecular weight is 471 g/mol. The van der Waals surface area contributed by atoms with Gasteiger partial charge in [0.25, 0.3) is 5.91 Å². The van der Waals surface area contributed by atoms with Gasteiger partial charge in [0.2, 0.25) is 0 Å². The third-order valence-electron chi connectivity index (χ3n) is 6.95. The third kappa shape index (κ3) is 4.03. The Labute approximate surface area is 203 Å². The number of carbonyl (C=O) groups excluding carboxylic acids is 2. The fourth-order valence-corrected chi connectivity index (χ4v) is 4.89. The van der Waals surface area contributed by atoms with Gasteiger partial charge in [0, 0.05) is 30.3 Å². The van der Waals surface area contributed by atoms with E-state index in [0.717, 1.165) is 27.8 Å². The number of fused-ring (bicyclic) bond motifs is 3. The van der Waals surface area contributed by atoms with Crippen LogP contribution in [-0.2, 0) is 9.53 Å². The molecule has 1 aliphatic carbocycles. The van der Waals surface area contributed by atoms with Gasteiger partial charge in [0.05, 0.1) is 0 Å². The maximum Gasteiger partial charge on any atom is 0.411 e. The number of hydrogen-bond donors (Lipinski definition) is 2. The number of rotatable bonds is 5. The van der Waals surface area contributed by atoms with Crippen molar-refractivity contribution < 1.29 is 24.2 Å². The number of amides is 2. The highest BCUT2D eigenvalue weighted by atomic mass is 16.5. The second-order valence-corrected chi connectivity index (χ2v) is 9.51. The van der Waals surface area contributed by atoms with E-state index in [2.05, 4.69) is 29.6 Å². The van der Waals surface area contributed by atoms with Crippen LogP contribution in [0.4, 0.5) is 10.5 Å². The molecule has 1 fully saturated rings. The summed E-state index contributed by atoms with van der Waals surface area (Å²) in [5, 5.41) is 12.0. The molecule has 0 radical (unpaired) electrons. The van der Waals surface area contributed by atoms with Crippen LogP contribution in [0.2, 0.25) is 0 Å². The standard InChI is InChI=1S/C28H26N2O5/c1-17-11-12-18(25(31)30-15-28(2,16-30)26(32)33)13-24(17)29-27(34)35-14-23-21-9-5-3-7-19(21)20-8-4-6-10-22(20)23/h3-13,23H,14-16H2,1-2H3,(H,29,34)(H,32,33). The van der Waals surface area contributed by atoms with Crippen LogP contribution >= 0.6 is 0 Å². The van der Waals surface area contributed by atoms with E-state index >= 15 is 0 Å². The van der Waals surface area contributed by atoms with Crippen molar-refractivity contribution in [1.82, 2.24) is 4.90 Å². The number of anilines is 1. The highest BCUT2D eigenvalue weighted by Gasteiger charge is 2.47. The van der Waals surface area contributed by atoms with Gasteiger partial charge in [0.15, 0.2) is 0 Å². The monoisotopic (exact) mass is 470 g/mol. The first-order chi connectivity index (χ1) is 16.8. The fourth-order valence-electron chi connectivity index (χ4n) is 4.89. The zero-order chi connectivity index (χ0) is 24.7. The largest absolute Gasteiger partial charge is 0.481 e. The molecule has 0 aromatic heterocycles. The number of nitrogens with zero attached hydrogens (tertiary/aromatic N) is 1. The lowest BCUT2D eigenvalue weighted by molar-refractivity contribution is -0.155. The van der Waals surface area contributed by atoms with Gasteiger partial charge in [-0.3, -0.25) is 14.9 Å². The summed E-state index contributed by atoms with van der Waals surface area (Å²) in [5.41, 5.74) is 5.32. The summed E-state index contributed by atoms with van der Waals surface area (Å²) in [5.74, 6) is -1.22. The molecule has 7 nitrogen and oxygen atoms in total. The molecule has 3 aromatic rings. The Hall–Kier alpha value is -4.13. The van der Waals surface area contributed by atoms with Crippen LogP contribution in [0, 0.1) is 12.3 Å². The molecule has 178 valence electrons. The first-order valence-corrected chi connectivity index (χ1v) is 11.5. The predicted octanol–water partition coefficient (Wildman–Crippen LogP) is 4.90. The summed E-state index contributed by atoms with van der Waals surface area (Å²) in [6, 6.07) is 21.3. The van der Waals surface area contributed by atoms with E-state index in [4.69, 9.17) is 4.74 Å². The highest BCUT2D eigenvalue weighted by Crippen LogP contribution is 2.44. The van der Waals surface area contributed by atoms with Crippen LogP contribution in [0.15, 0.2) is 66.7 Å². The molecule has 0 saturated carbocycles. The lowest BCUT2D eigenvalue weighted by Crippen LogP contribution is -2.60. The van der Waals surface area contributed by atoms with Gasteiger partial charge >= 0.3 is 12.1 Å². The number of carboxylic acids is 1. The van der Waals surface area contributed by atoms with Crippen LogP contribution in [0.1, 0.15) is 39.9 Å². The minimum atomic E-state index is -0.914. The van der Waals surface area contributed by atoms with Crippen molar-refractivity contribution in [1.29, 1.82) is 0 Å². The molecular weight excluding hydrogens is 444 g/mol. The Morgan fingerprint density at radius 3 is 2.20 bits per heavy atom. The first kappa shape index (κ1) is 22.7. The van der Waals surface area contributed by atoms with Gasteiger partial charge in [-0.2, -0.15) is 0 Å². The van der Waals surface area contributed by atoms with E-state index in [0.29, 0.717) is 11.3 Å². The molecule has 1 saturated heterocycles. The minimum Gasteiger partial charge on any atom is -0.481 e. The molecule has 2 N–H and O–H groups in total. The van der Waals surface area contributed by atoms with Crippen LogP contribution in [0.25, 0.3) is 11.1 Å². The minimum absolute atomic E-state index is 0.0443. The first-order valence-electron chi connectivity index (χ1n) is 11.5. The molecule has 3 aromatic carbocycles. The summed E-state index contributed by atoms with van der Waals surface area (Å²) < 4.78 is 5.62. The SMILES string of the molecule is Cc1ccc(C(=O)N2CC(C)(C(=O)O)C2)cc1NC(=O)OCC1c2ccccc2-c2ccccc21. The molecule has 0 spiro atoms. The van der Waals surface area contributed by atoms with E-state index < -0.39 is 17.5 Å². The van der Waals surface area contributed by atoms with Crippen molar-refractivity contribution in [3.05, 3.63) is 89.0 Å². The molecule has 35 heavy (non-hydrogen) atoms. The van der Waals surface area contributed by atoms with Crippen LogP contribution in [-0.4, -0.2) is 47.7 Å². The zero-order valence-corrected chi connectivity index (χ0v) is 19.6. The lowest BCUT2D eigenvalue weighted by Gasteiger charge is -2.44. The Balaban J connectivity index is 1.26. The maximum absolute atomic E-state index is 12.8. The summed E-state index contributed by atoms with van der Waals surface area (Å²) >= 11 is 0. The number of ether oxygens (including phenoxy) is 1. The summed E-state index contributed by atoms with van der Waals surface area (Å²) in [4.78, 5) is 38.3. The van der Waals surface area contributed by atoms with Crippen molar-refractivity contribution in [3.63, 3.8) is 0 Å².